The molecule has 2 aliphatic heterocycles. The fourth-order valence-corrected chi connectivity index (χ4v) is 3.93. The van der Waals surface area contributed by atoms with Crippen molar-refractivity contribution in [1.29, 1.82) is 0 Å². The van der Waals surface area contributed by atoms with Gasteiger partial charge < -0.3 is 5.11 Å². The molecule has 0 amide bonds. The van der Waals surface area contributed by atoms with E-state index >= 15 is 0 Å². The van der Waals surface area contributed by atoms with Crippen LogP contribution in [0.25, 0.3) is 0 Å². The van der Waals surface area contributed by atoms with Crippen molar-refractivity contribution in [3.63, 3.8) is 0 Å². The van der Waals surface area contributed by atoms with E-state index in [0.717, 1.165) is 31.7 Å². The van der Waals surface area contributed by atoms with Crippen LogP contribution in [-0.2, 0) is 11.3 Å². The van der Waals surface area contributed by atoms with Gasteiger partial charge in [-0.15, -0.1) is 0 Å². The summed E-state index contributed by atoms with van der Waals surface area (Å²) < 4.78 is 27.1. The zero-order valence-electron chi connectivity index (χ0n) is 11.8. The van der Waals surface area contributed by atoms with E-state index in [-0.39, 0.29) is 12.3 Å². The van der Waals surface area contributed by atoms with Gasteiger partial charge in [-0.25, -0.2) is 8.78 Å². The van der Waals surface area contributed by atoms with Crippen LogP contribution >= 0.6 is 0 Å². The number of benzene rings is 1. The van der Waals surface area contributed by atoms with Crippen LogP contribution in [0, 0.1) is 17.6 Å². The number of rotatable bonds is 4. The monoisotopic (exact) mass is 295 g/mol. The zero-order chi connectivity index (χ0) is 15.0. The molecule has 0 radical (unpaired) electrons. The Bertz CT molecular complexity index is 535. The van der Waals surface area contributed by atoms with Gasteiger partial charge in [-0.3, -0.25) is 9.69 Å². The van der Waals surface area contributed by atoms with Crippen LogP contribution in [0.1, 0.15) is 37.7 Å². The number of carboxylic acid groups (broad SMARTS) is 1. The lowest BCUT2D eigenvalue weighted by Gasteiger charge is -2.38. The van der Waals surface area contributed by atoms with Crippen molar-refractivity contribution in [2.24, 2.45) is 5.92 Å². The summed E-state index contributed by atoms with van der Waals surface area (Å²) >= 11 is 0. The number of fused-ring (bicyclic) bond motifs is 2. The second-order valence-electron chi connectivity index (χ2n) is 6.21. The van der Waals surface area contributed by atoms with Crippen LogP contribution in [-0.4, -0.2) is 28.1 Å². The first kappa shape index (κ1) is 14.4. The molecule has 1 aromatic carbocycles. The smallest absolute Gasteiger partial charge is 0.303 e. The highest BCUT2D eigenvalue weighted by atomic mass is 19.2. The number of aliphatic carboxylic acids is 1. The summed E-state index contributed by atoms with van der Waals surface area (Å²) in [6.45, 7) is 0.415. The second-order valence-corrected chi connectivity index (χ2v) is 6.21. The Labute approximate surface area is 122 Å². The van der Waals surface area contributed by atoms with Crippen molar-refractivity contribution >= 4 is 5.97 Å². The third-order valence-electron chi connectivity index (χ3n) is 4.83. The molecule has 2 unspecified atom stereocenters. The normalized spacial score (nSPS) is 28.8. The van der Waals surface area contributed by atoms with Crippen molar-refractivity contribution in [3.8, 4) is 0 Å². The molecule has 0 aromatic heterocycles. The third kappa shape index (κ3) is 2.93. The summed E-state index contributed by atoms with van der Waals surface area (Å²) in [6.07, 6.45) is 3.96. The predicted octanol–water partition coefficient (Wildman–Crippen LogP) is 3.18. The van der Waals surface area contributed by atoms with E-state index in [0.29, 0.717) is 24.2 Å². The van der Waals surface area contributed by atoms with E-state index in [1.54, 1.807) is 6.07 Å². The summed E-state index contributed by atoms with van der Waals surface area (Å²) in [5.74, 6) is -2.09. The van der Waals surface area contributed by atoms with Gasteiger partial charge in [0.05, 0.1) is 0 Å². The molecular formula is C16H19F2NO2. The van der Waals surface area contributed by atoms with Gasteiger partial charge in [0.15, 0.2) is 11.6 Å². The molecule has 114 valence electrons. The highest BCUT2D eigenvalue weighted by molar-refractivity contribution is 5.67. The van der Waals surface area contributed by atoms with E-state index in [1.807, 2.05) is 0 Å². The fraction of sp³-hybridized carbons (Fsp3) is 0.562. The minimum absolute atomic E-state index is 0.216. The van der Waals surface area contributed by atoms with Crippen LogP contribution in [0.5, 0.6) is 0 Å². The van der Waals surface area contributed by atoms with Crippen molar-refractivity contribution in [3.05, 3.63) is 35.4 Å². The number of hydrogen-bond donors (Lipinski definition) is 1. The summed E-state index contributed by atoms with van der Waals surface area (Å²) in [5, 5.41) is 8.92. The van der Waals surface area contributed by atoms with Crippen LogP contribution in [0.2, 0.25) is 0 Å². The highest BCUT2D eigenvalue weighted by Gasteiger charge is 2.41. The molecule has 3 nitrogen and oxygen atoms in total. The largest absolute Gasteiger partial charge is 0.481 e. The molecule has 2 aliphatic rings. The van der Waals surface area contributed by atoms with Gasteiger partial charge in [0, 0.05) is 30.6 Å². The standard InChI is InChI=1S/C16H19F2NO2/c17-14-3-1-2-11(16(14)18)9-19-12-4-5-13(19)7-10(6-12)8-15(20)21/h1-3,10,12-13H,4-9H2,(H,20,21). The highest BCUT2D eigenvalue weighted by Crippen LogP contribution is 2.40. The lowest BCUT2D eigenvalue weighted by molar-refractivity contribution is -0.138. The molecule has 2 atom stereocenters. The van der Waals surface area contributed by atoms with Gasteiger partial charge in [-0.05, 0) is 37.7 Å². The number of nitrogens with zero attached hydrogens (tertiary/aromatic N) is 1. The number of carboxylic acids is 1. The average molecular weight is 295 g/mol. The molecular weight excluding hydrogens is 276 g/mol. The van der Waals surface area contributed by atoms with Gasteiger partial charge >= 0.3 is 5.97 Å². The van der Waals surface area contributed by atoms with Gasteiger partial charge in [-0.1, -0.05) is 12.1 Å². The van der Waals surface area contributed by atoms with Crippen LogP contribution in [0.15, 0.2) is 18.2 Å². The third-order valence-corrected chi connectivity index (χ3v) is 4.83. The van der Waals surface area contributed by atoms with Crippen LogP contribution in [0.3, 0.4) is 0 Å². The molecule has 5 heteroatoms. The lowest BCUT2D eigenvalue weighted by atomic mass is 9.88. The Morgan fingerprint density at radius 3 is 2.52 bits per heavy atom. The Kier molecular flexibility index (Phi) is 3.93. The molecule has 0 saturated carbocycles. The predicted molar refractivity (Wildman–Crippen MR) is 73.7 cm³/mol. The maximum absolute atomic E-state index is 13.8. The topological polar surface area (TPSA) is 40.5 Å². The molecule has 0 aliphatic carbocycles. The summed E-state index contributed by atoms with van der Waals surface area (Å²) in [5.41, 5.74) is 0.392. The minimum atomic E-state index is -0.805. The molecule has 21 heavy (non-hydrogen) atoms. The van der Waals surface area contributed by atoms with Gasteiger partial charge in [0.1, 0.15) is 0 Å². The van der Waals surface area contributed by atoms with Crippen LogP contribution in [0.4, 0.5) is 8.78 Å². The molecule has 0 spiro atoms. The lowest BCUT2D eigenvalue weighted by Crippen LogP contribution is -2.42. The van der Waals surface area contributed by atoms with E-state index in [4.69, 9.17) is 5.11 Å². The van der Waals surface area contributed by atoms with E-state index in [1.165, 1.54) is 6.07 Å². The summed E-state index contributed by atoms with van der Waals surface area (Å²) in [4.78, 5) is 13.1. The van der Waals surface area contributed by atoms with Crippen LogP contribution < -0.4 is 0 Å². The van der Waals surface area contributed by atoms with E-state index in [9.17, 15) is 13.6 Å². The quantitative estimate of drug-likeness (QED) is 0.927. The van der Waals surface area contributed by atoms with Crippen molar-refractivity contribution in [2.75, 3.05) is 0 Å². The van der Waals surface area contributed by atoms with Crippen molar-refractivity contribution < 1.29 is 18.7 Å². The Morgan fingerprint density at radius 1 is 1.24 bits per heavy atom. The molecule has 1 N–H and O–H groups in total. The summed E-state index contributed by atoms with van der Waals surface area (Å²) in [7, 11) is 0. The first-order valence-corrected chi connectivity index (χ1v) is 7.45. The Balaban J connectivity index is 1.71. The van der Waals surface area contributed by atoms with E-state index in [2.05, 4.69) is 4.90 Å². The number of hydrogen-bond acceptors (Lipinski definition) is 2. The maximum atomic E-state index is 13.8. The van der Waals surface area contributed by atoms with Crippen molar-refractivity contribution in [2.45, 2.75) is 50.7 Å². The van der Waals surface area contributed by atoms with E-state index < -0.39 is 17.6 Å². The number of piperidine rings is 1. The van der Waals surface area contributed by atoms with Gasteiger partial charge in [0.2, 0.25) is 0 Å². The molecule has 2 fully saturated rings. The molecule has 2 saturated heterocycles. The first-order valence-electron chi connectivity index (χ1n) is 7.45. The summed E-state index contributed by atoms with van der Waals surface area (Å²) in [6, 6.07) is 4.90. The van der Waals surface area contributed by atoms with Gasteiger partial charge in [-0.2, -0.15) is 0 Å². The maximum Gasteiger partial charge on any atom is 0.303 e. The average Bonchev–Trinajstić information content (AvgIpc) is 2.66. The second kappa shape index (κ2) is 5.72. The molecule has 2 bridgehead atoms. The van der Waals surface area contributed by atoms with Crippen molar-refractivity contribution in [1.82, 2.24) is 4.90 Å². The Hall–Kier alpha value is -1.49. The molecule has 2 heterocycles. The molecule has 1 aromatic rings. The minimum Gasteiger partial charge on any atom is -0.481 e. The number of halogens is 2. The number of carbonyl (C=O) groups is 1. The molecule has 3 rings (SSSR count). The zero-order valence-corrected chi connectivity index (χ0v) is 11.8. The Morgan fingerprint density at radius 2 is 1.90 bits per heavy atom. The SMILES string of the molecule is O=C(O)CC1CC2CCC(C1)N2Cc1cccc(F)c1F. The first-order chi connectivity index (χ1) is 10.0. The van der Waals surface area contributed by atoms with Gasteiger partial charge in [0.25, 0.3) is 0 Å². The fourth-order valence-electron chi connectivity index (χ4n) is 3.93.